The predicted molar refractivity (Wildman–Crippen MR) is 111 cm³/mol. The number of likely N-dealkylation sites (tertiary alicyclic amines) is 1. The topological polar surface area (TPSA) is 86.7 Å². The first-order chi connectivity index (χ1) is 13.8. The van der Waals surface area contributed by atoms with Crippen molar-refractivity contribution in [1.82, 2.24) is 4.90 Å². The fraction of sp³-hybridized carbons (Fsp3) is 0.348. The number of hydrogen-bond acceptors (Lipinski definition) is 3. The Balaban J connectivity index is 1.76. The molecule has 0 bridgehead atoms. The molecule has 29 heavy (non-hydrogen) atoms. The summed E-state index contributed by atoms with van der Waals surface area (Å²) in [7, 11) is 0. The Kier molecular flexibility index (Phi) is 6.32. The van der Waals surface area contributed by atoms with Gasteiger partial charge >= 0.3 is 5.97 Å². The number of carbonyl (C=O) groups excluding carboxylic acids is 2. The van der Waals surface area contributed by atoms with Gasteiger partial charge in [0.2, 0.25) is 5.91 Å². The molecule has 0 aliphatic carbocycles. The third kappa shape index (κ3) is 5.02. The first-order valence-electron chi connectivity index (χ1n) is 9.84. The highest BCUT2D eigenvalue weighted by molar-refractivity contribution is 6.04. The molecule has 2 aromatic rings. The molecule has 2 amide bonds. The molecule has 2 atom stereocenters. The number of aromatic carboxylic acids is 1. The van der Waals surface area contributed by atoms with Crippen LogP contribution in [0.25, 0.3) is 0 Å². The number of piperidine rings is 1. The Morgan fingerprint density at radius 1 is 0.966 bits per heavy atom. The van der Waals surface area contributed by atoms with Gasteiger partial charge in [-0.2, -0.15) is 0 Å². The van der Waals surface area contributed by atoms with Crippen LogP contribution in [0.4, 0.5) is 5.69 Å². The number of nitrogens with one attached hydrogen (secondary N) is 1. The summed E-state index contributed by atoms with van der Waals surface area (Å²) in [6.07, 6.45) is 1.02. The van der Waals surface area contributed by atoms with Crippen molar-refractivity contribution in [2.75, 3.05) is 18.4 Å². The van der Waals surface area contributed by atoms with E-state index in [0.29, 0.717) is 41.7 Å². The van der Waals surface area contributed by atoms with Crippen LogP contribution in [0, 0.1) is 11.8 Å². The highest BCUT2D eigenvalue weighted by atomic mass is 16.4. The summed E-state index contributed by atoms with van der Waals surface area (Å²) in [4.78, 5) is 38.9. The minimum absolute atomic E-state index is 0.0806. The van der Waals surface area contributed by atoms with E-state index in [0.717, 1.165) is 6.42 Å². The quantitative estimate of drug-likeness (QED) is 0.810. The normalized spacial score (nSPS) is 18.9. The van der Waals surface area contributed by atoms with Crippen molar-refractivity contribution in [2.45, 2.75) is 26.7 Å². The Bertz CT molecular complexity index is 915. The lowest BCUT2D eigenvalue weighted by Crippen LogP contribution is -2.42. The third-order valence-corrected chi connectivity index (χ3v) is 5.19. The Hall–Kier alpha value is -3.15. The molecule has 3 rings (SSSR count). The number of carbonyl (C=O) groups is 3. The summed E-state index contributed by atoms with van der Waals surface area (Å²) < 4.78 is 0. The molecule has 0 radical (unpaired) electrons. The number of carboxylic acids is 1. The zero-order valence-electron chi connectivity index (χ0n) is 16.7. The molecule has 1 aliphatic rings. The molecule has 6 nitrogen and oxygen atoms in total. The first kappa shape index (κ1) is 20.6. The fourth-order valence-electron chi connectivity index (χ4n) is 4.03. The Labute approximate surface area is 170 Å². The highest BCUT2D eigenvalue weighted by Gasteiger charge is 2.27. The van der Waals surface area contributed by atoms with Gasteiger partial charge in [0, 0.05) is 13.1 Å². The number of anilines is 1. The van der Waals surface area contributed by atoms with Crippen LogP contribution in [0.15, 0.2) is 48.5 Å². The maximum Gasteiger partial charge on any atom is 0.335 e. The smallest absolute Gasteiger partial charge is 0.335 e. The minimum atomic E-state index is -1.07. The molecular formula is C23H26N2O4. The second-order valence-corrected chi connectivity index (χ2v) is 7.89. The van der Waals surface area contributed by atoms with Crippen LogP contribution in [0.2, 0.25) is 0 Å². The van der Waals surface area contributed by atoms with Gasteiger partial charge in [0.25, 0.3) is 5.91 Å². The molecule has 1 saturated heterocycles. The van der Waals surface area contributed by atoms with Crippen LogP contribution < -0.4 is 5.32 Å². The SMILES string of the molecule is CC1CC(C)CN(C(=O)c2ccccc2NC(=O)Cc2ccccc2C(=O)O)C1. The summed E-state index contributed by atoms with van der Waals surface area (Å²) in [6.45, 7) is 5.70. The summed E-state index contributed by atoms with van der Waals surface area (Å²) in [5, 5.41) is 12.1. The van der Waals surface area contributed by atoms with Crippen LogP contribution in [-0.2, 0) is 11.2 Å². The van der Waals surface area contributed by atoms with Crippen LogP contribution in [0.3, 0.4) is 0 Å². The molecule has 1 heterocycles. The molecule has 2 aromatic carbocycles. The monoisotopic (exact) mass is 394 g/mol. The van der Waals surface area contributed by atoms with Gasteiger partial charge in [-0.1, -0.05) is 44.2 Å². The number of nitrogens with zero attached hydrogens (tertiary/aromatic N) is 1. The molecule has 0 spiro atoms. The van der Waals surface area contributed by atoms with Gasteiger partial charge in [0.15, 0.2) is 0 Å². The van der Waals surface area contributed by atoms with E-state index >= 15 is 0 Å². The van der Waals surface area contributed by atoms with Gasteiger partial charge in [-0.25, -0.2) is 4.79 Å². The van der Waals surface area contributed by atoms with E-state index in [1.54, 1.807) is 42.5 Å². The van der Waals surface area contributed by atoms with Crippen molar-refractivity contribution in [2.24, 2.45) is 11.8 Å². The standard InChI is InChI=1S/C23H26N2O4/c1-15-11-16(2)14-25(13-15)22(27)19-9-5-6-10-20(19)24-21(26)12-17-7-3-4-8-18(17)23(28)29/h3-10,15-16H,11-14H2,1-2H3,(H,24,26)(H,28,29). The van der Waals surface area contributed by atoms with Gasteiger partial charge in [0.05, 0.1) is 23.2 Å². The summed E-state index contributed by atoms with van der Waals surface area (Å²) in [5.74, 6) is -0.643. The predicted octanol–water partition coefficient (Wildman–Crippen LogP) is 3.68. The molecule has 1 aliphatic heterocycles. The maximum absolute atomic E-state index is 13.1. The second-order valence-electron chi connectivity index (χ2n) is 7.89. The van der Waals surface area contributed by atoms with Crippen molar-refractivity contribution in [3.63, 3.8) is 0 Å². The van der Waals surface area contributed by atoms with E-state index in [-0.39, 0.29) is 23.8 Å². The fourth-order valence-corrected chi connectivity index (χ4v) is 4.03. The maximum atomic E-state index is 13.1. The molecule has 0 saturated carbocycles. The number of rotatable bonds is 5. The van der Waals surface area contributed by atoms with Crippen LogP contribution in [-0.4, -0.2) is 40.9 Å². The van der Waals surface area contributed by atoms with Crippen LogP contribution >= 0.6 is 0 Å². The average Bonchev–Trinajstić information content (AvgIpc) is 2.67. The van der Waals surface area contributed by atoms with Gasteiger partial charge in [-0.05, 0) is 42.0 Å². The molecule has 1 fully saturated rings. The molecule has 2 N–H and O–H groups in total. The van der Waals surface area contributed by atoms with Crippen molar-refractivity contribution in [3.8, 4) is 0 Å². The Morgan fingerprint density at radius 2 is 1.55 bits per heavy atom. The number of hydrogen-bond donors (Lipinski definition) is 2. The molecule has 2 unspecified atom stereocenters. The van der Waals surface area contributed by atoms with Crippen molar-refractivity contribution < 1.29 is 19.5 Å². The molecule has 152 valence electrons. The average molecular weight is 394 g/mol. The first-order valence-corrected chi connectivity index (χ1v) is 9.84. The van der Waals surface area contributed by atoms with Crippen molar-refractivity contribution in [3.05, 3.63) is 65.2 Å². The zero-order valence-corrected chi connectivity index (χ0v) is 16.7. The lowest BCUT2D eigenvalue weighted by atomic mass is 9.91. The molecular weight excluding hydrogens is 368 g/mol. The van der Waals surface area contributed by atoms with Crippen molar-refractivity contribution in [1.29, 1.82) is 0 Å². The van der Waals surface area contributed by atoms with Gasteiger partial charge in [-0.15, -0.1) is 0 Å². The summed E-state index contributed by atoms with van der Waals surface area (Å²) >= 11 is 0. The lowest BCUT2D eigenvalue weighted by Gasteiger charge is -2.35. The van der Waals surface area contributed by atoms with E-state index in [9.17, 15) is 19.5 Å². The summed E-state index contributed by atoms with van der Waals surface area (Å²) in [6, 6.07) is 13.4. The third-order valence-electron chi connectivity index (χ3n) is 5.19. The van der Waals surface area contributed by atoms with Crippen LogP contribution in [0.5, 0.6) is 0 Å². The largest absolute Gasteiger partial charge is 0.478 e. The Morgan fingerprint density at radius 3 is 2.21 bits per heavy atom. The number of amides is 2. The number of carboxylic acid groups (broad SMARTS) is 1. The van der Waals surface area contributed by atoms with E-state index in [1.807, 2.05) is 4.90 Å². The van der Waals surface area contributed by atoms with Gasteiger partial charge < -0.3 is 15.3 Å². The van der Waals surface area contributed by atoms with E-state index in [1.165, 1.54) is 6.07 Å². The minimum Gasteiger partial charge on any atom is -0.478 e. The second kappa shape index (κ2) is 8.90. The van der Waals surface area contributed by atoms with E-state index in [2.05, 4.69) is 19.2 Å². The van der Waals surface area contributed by atoms with Crippen molar-refractivity contribution >= 4 is 23.5 Å². The summed E-state index contributed by atoms with van der Waals surface area (Å²) in [5.41, 5.74) is 1.43. The van der Waals surface area contributed by atoms with Crippen LogP contribution in [0.1, 0.15) is 46.5 Å². The van der Waals surface area contributed by atoms with Gasteiger partial charge in [0.1, 0.15) is 0 Å². The molecule has 0 aromatic heterocycles. The highest BCUT2D eigenvalue weighted by Crippen LogP contribution is 2.25. The number of benzene rings is 2. The van der Waals surface area contributed by atoms with E-state index in [4.69, 9.17) is 0 Å². The molecule has 6 heteroatoms. The van der Waals surface area contributed by atoms with Gasteiger partial charge in [-0.3, -0.25) is 9.59 Å². The number of para-hydroxylation sites is 1. The van der Waals surface area contributed by atoms with E-state index < -0.39 is 5.97 Å². The zero-order chi connectivity index (χ0) is 21.0. The lowest BCUT2D eigenvalue weighted by molar-refractivity contribution is -0.115.